The van der Waals surface area contributed by atoms with Crippen LogP contribution in [-0.2, 0) is 57.2 Å². The Balaban J connectivity index is 1.71. The summed E-state index contributed by atoms with van der Waals surface area (Å²) in [5.74, 6) is -10.6. The highest BCUT2D eigenvalue weighted by Crippen LogP contribution is 2.39. The molecular weight excluding hydrogens is 959 g/mol. The average Bonchev–Trinajstić information content (AvgIpc) is 3.38. The lowest BCUT2D eigenvalue weighted by molar-refractivity contribution is -0.285. The summed E-state index contributed by atoms with van der Waals surface area (Å²) in [7, 11) is 4.35. The number of ether oxygens (including phenoxy) is 6. The normalized spacial score (nSPS) is 38.1. The third-order valence-corrected chi connectivity index (χ3v) is 16.0. The van der Waals surface area contributed by atoms with Crippen LogP contribution in [0.4, 0.5) is 0 Å². The smallest absolute Gasteiger partial charge is 0.329 e. The molecule has 0 radical (unpaired) electrons. The van der Waals surface area contributed by atoms with Gasteiger partial charge in [0.2, 0.25) is 5.79 Å². The van der Waals surface area contributed by atoms with Gasteiger partial charge < -0.3 is 58.9 Å². The molecule has 5 N–H and O–H groups in total. The number of aliphatic hydroxyl groups excluding tert-OH is 4. The Morgan fingerprint density at radius 2 is 1.55 bits per heavy atom. The molecule has 2 bridgehead atoms. The lowest BCUT2D eigenvalue weighted by Crippen LogP contribution is -2.63. The van der Waals surface area contributed by atoms with Crippen LogP contribution in [-0.4, -0.2) is 167 Å². The standard InChI is InChI=1S/C56H87NO17/c1-32-17-13-12-14-18-33(2)45(69-9)28-40-27-43(61)38(7)56(68,74-40)51(64)52(65)57-22-16-15-19-41(57)53(66)72-46(29-42(60)34(3)24-37(6)49(63)50(71-11)48(62)36(5)23-32)35(4)25-39-20-21-44(47(26-39)70-10)73-54(67)55(8,30-58)31-59/h12-14,17-18,24,32,34-36,38-41,43-47,49-50,58-59,61,63,68H,15-16,19-23,25-31H2,1-11H3/b14-12+,17-13+,33-18+,37-24+/t32-,34-,35-,36-,38-,39+,40+,41+,43?,44-,45+,46+,47-,49-,50+,56-/m1/s1. The van der Waals surface area contributed by atoms with Crippen molar-refractivity contribution in [1.29, 1.82) is 0 Å². The van der Waals surface area contributed by atoms with Crippen LogP contribution in [0.15, 0.2) is 47.6 Å². The maximum Gasteiger partial charge on any atom is 0.329 e. The maximum absolute atomic E-state index is 14.6. The van der Waals surface area contributed by atoms with Crippen LogP contribution in [0.2, 0.25) is 0 Å². The van der Waals surface area contributed by atoms with E-state index in [0.717, 1.165) is 10.5 Å². The van der Waals surface area contributed by atoms with Crippen LogP contribution in [0.1, 0.15) is 126 Å². The van der Waals surface area contributed by atoms with Gasteiger partial charge in [-0.25, -0.2) is 4.79 Å². The van der Waals surface area contributed by atoms with E-state index in [1.54, 1.807) is 26.8 Å². The first-order chi connectivity index (χ1) is 34.9. The van der Waals surface area contributed by atoms with Crippen molar-refractivity contribution in [2.24, 2.45) is 40.9 Å². The topological polar surface area (TPSA) is 262 Å². The summed E-state index contributed by atoms with van der Waals surface area (Å²) >= 11 is 0. The number of fused-ring (bicyclic) bond motifs is 3. The quantitative estimate of drug-likeness (QED) is 0.113. The van der Waals surface area contributed by atoms with Crippen molar-refractivity contribution < 1.29 is 82.7 Å². The SMILES string of the molecule is CO[C@H]1C[C@@H]2CC(O)[C@@H](C)[C@@](O)(O2)C(=O)C(=O)N2CCCC[C@H]2C(=O)O[C@H]([C@H](C)C[C@@H]2CC[C@@H](OC(=O)C(C)(CO)CO)[C@H](OC)C2)CC(=O)[C@H](C)/C=C(\C)[C@@H](O)[C@@H](OC)C(=O)[C@H](C)C[C@H](C)/C=C/C=C/C=C/1C. The van der Waals surface area contributed by atoms with Crippen LogP contribution in [0.25, 0.3) is 0 Å². The number of cyclic esters (lactones) is 1. The second-order valence-corrected chi connectivity index (χ2v) is 22.0. The largest absolute Gasteiger partial charge is 0.460 e. The number of rotatable bonds is 10. The van der Waals surface area contributed by atoms with E-state index in [2.05, 4.69) is 0 Å². The minimum Gasteiger partial charge on any atom is -0.460 e. The van der Waals surface area contributed by atoms with E-state index in [-0.39, 0.29) is 55.6 Å². The number of methoxy groups -OCH3 is 3. The maximum atomic E-state index is 14.6. The average molecular weight is 1050 g/mol. The summed E-state index contributed by atoms with van der Waals surface area (Å²) in [4.78, 5) is 85.4. The zero-order chi connectivity index (χ0) is 55.2. The van der Waals surface area contributed by atoms with Gasteiger partial charge in [-0.15, -0.1) is 0 Å². The predicted octanol–water partition coefficient (Wildman–Crippen LogP) is 4.69. The Labute approximate surface area is 437 Å². The molecule has 0 spiro atoms. The molecule has 3 heterocycles. The molecule has 0 aromatic carbocycles. The number of piperidine rings is 1. The number of carbonyl (C=O) groups is 6. The summed E-state index contributed by atoms with van der Waals surface area (Å²) in [5, 5.41) is 54.3. The van der Waals surface area contributed by atoms with Gasteiger partial charge in [0.1, 0.15) is 41.7 Å². The molecule has 3 fully saturated rings. The van der Waals surface area contributed by atoms with Gasteiger partial charge in [-0.05, 0) is 101 Å². The molecule has 4 aliphatic rings. The van der Waals surface area contributed by atoms with Gasteiger partial charge >= 0.3 is 11.9 Å². The molecule has 1 aliphatic carbocycles. The van der Waals surface area contributed by atoms with Crippen LogP contribution in [0, 0.1) is 40.9 Å². The van der Waals surface area contributed by atoms with Crippen molar-refractivity contribution in [3.8, 4) is 0 Å². The van der Waals surface area contributed by atoms with E-state index in [9.17, 15) is 54.3 Å². The van der Waals surface area contributed by atoms with Crippen molar-refractivity contribution >= 4 is 35.2 Å². The lowest BCUT2D eigenvalue weighted by Gasteiger charge is -2.44. The first-order valence-electron chi connectivity index (χ1n) is 26.5. The summed E-state index contributed by atoms with van der Waals surface area (Å²) in [6.45, 7) is 12.3. The second-order valence-electron chi connectivity index (χ2n) is 22.0. The zero-order valence-corrected chi connectivity index (χ0v) is 45.6. The molecule has 0 aromatic heterocycles. The number of Topliss-reactive ketones (excluding diaryl/α,β-unsaturated/α-hetero) is 3. The molecular formula is C56H87NO17. The van der Waals surface area contributed by atoms with E-state index in [4.69, 9.17) is 28.4 Å². The van der Waals surface area contributed by atoms with Gasteiger partial charge in [0, 0.05) is 64.9 Å². The van der Waals surface area contributed by atoms with Gasteiger partial charge in [-0.1, -0.05) is 71.1 Å². The highest BCUT2D eigenvalue weighted by Gasteiger charge is 2.56. The number of aliphatic hydroxyl groups is 5. The molecule has 1 saturated carbocycles. The van der Waals surface area contributed by atoms with E-state index in [0.29, 0.717) is 50.5 Å². The Hall–Kier alpha value is -3.98. The number of nitrogens with zero attached hydrogens (tertiary/aromatic N) is 1. The molecule has 1 amide bonds. The van der Waals surface area contributed by atoms with Crippen molar-refractivity contribution in [3.05, 3.63) is 47.6 Å². The molecule has 74 heavy (non-hydrogen) atoms. The number of esters is 2. The third kappa shape index (κ3) is 15.8. The summed E-state index contributed by atoms with van der Waals surface area (Å²) in [6, 6.07) is -1.27. The van der Waals surface area contributed by atoms with Crippen LogP contribution >= 0.6 is 0 Å². The van der Waals surface area contributed by atoms with Crippen molar-refractivity contribution in [2.75, 3.05) is 41.1 Å². The Morgan fingerprint density at radius 3 is 2.19 bits per heavy atom. The highest BCUT2D eigenvalue weighted by atomic mass is 16.6. The first kappa shape index (κ1) is 62.6. The monoisotopic (exact) mass is 1050 g/mol. The van der Waals surface area contributed by atoms with Crippen molar-refractivity contribution in [3.63, 3.8) is 0 Å². The minimum absolute atomic E-state index is 0.0214. The van der Waals surface area contributed by atoms with Gasteiger partial charge in [-0.3, -0.25) is 24.0 Å². The van der Waals surface area contributed by atoms with Gasteiger partial charge in [0.15, 0.2) is 5.78 Å². The first-order valence-corrected chi connectivity index (χ1v) is 26.5. The number of amides is 1. The van der Waals surface area contributed by atoms with Gasteiger partial charge in [-0.2, -0.15) is 0 Å². The zero-order valence-electron chi connectivity index (χ0n) is 45.6. The second kappa shape index (κ2) is 28.4. The molecule has 2 saturated heterocycles. The molecule has 418 valence electrons. The summed E-state index contributed by atoms with van der Waals surface area (Å²) in [6.07, 6.45) is 6.52. The highest BCUT2D eigenvalue weighted by molar-refractivity contribution is 6.39. The molecule has 1 unspecified atom stereocenters. The lowest BCUT2D eigenvalue weighted by atomic mass is 9.78. The number of hydrogen-bond donors (Lipinski definition) is 5. The number of allylic oxidation sites excluding steroid dienone is 6. The number of ketones is 3. The molecule has 0 aromatic rings. The fourth-order valence-electron chi connectivity index (χ4n) is 10.7. The van der Waals surface area contributed by atoms with E-state index >= 15 is 0 Å². The molecule has 16 atom stereocenters. The summed E-state index contributed by atoms with van der Waals surface area (Å²) < 4.78 is 35.3. The molecule has 18 heteroatoms. The van der Waals surface area contributed by atoms with E-state index in [1.807, 2.05) is 51.2 Å². The van der Waals surface area contributed by atoms with Crippen molar-refractivity contribution in [2.45, 2.75) is 187 Å². The van der Waals surface area contributed by atoms with E-state index in [1.165, 1.54) is 35.2 Å². The van der Waals surface area contributed by atoms with E-state index < -0.39 is 127 Å². The Bertz CT molecular complexity index is 2050. The Kier molecular flexibility index (Phi) is 24.0. The fourth-order valence-corrected chi connectivity index (χ4v) is 10.7. The van der Waals surface area contributed by atoms with Crippen LogP contribution in [0.5, 0.6) is 0 Å². The molecule has 3 aliphatic heterocycles. The number of carbonyl (C=O) groups excluding carboxylic acids is 6. The molecule has 4 rings (SSSR count). The number of hydrogen-bond acceptors (Lipinski definition) is 17. The van der Waals surface area contributed by atoms with Crippen LogP contribution < -0.4 is 0 Å². The third-order valence-electron chi connectivity index (χ3n) is 16.0. The minimum atomic E-state index is -2.75. The molecule has 18 nitrogen and oxygen atoms in total. The Morgan fingerprint density at radius 1 is 0.865 bits per heavy atom. The van der Waals surface area contributed by atoms with Gasteiger partial charge in [0.05, 0.1) is 37.6 Å². The predicted molar refractivity (Wildman–Crippen MR) is 273 cm³/mol. The van der Waals surface area contributed by atoms with Crippen LogP contribution in [0.3, 0.4) is 0 Å². The fraction of sp³-hybridized carbons (Fsp3) is 0.750. The summed E-state index contributed by atoms with van der Waals surface area (Å²) in [5.41, 5.74) is -0.389. The van der Waals surface area contributed by atoms with Crippen molar-refractivity contribution in [1.82, 2.24) is 4.90 Å². The van der Waals surface area contributed by atoms with Gasteiger partial charge in [0.25, 0.3) is 11.7 Å².